The second-order valence-corrected chi connectivity index (χ2v) is 8.41. The minimum Gasteiger partial charge on any atom is -0.379 e. The van der Waals surface area contributed by atoms with Crippen molar-refractivity contribution in [3.8, 4) is 0 Å². The first kappa shape index (κ1) is 20.5. The van der Waals surface area contributed by atoms with Crippen LogP contribution in [0, 0.1) is 0 Å². The Hall–Kier alpha value is -0.850. The molecule has 0 aromatic heterocycles. The molecule has 6 heteroatoms. The van der Waals surface area contributed by atoms with Crippen molar-refractivity contribution in [3.05, 3.63) is 0 Å². The van der Waals surface area contributed by atoms with Crippen molar-refractivity contribution in [1.29, 1.82) is 0 Å². The van der Waals surface area contributed by atoms with Crippen LogP contribution < -0.4 is 16.0 Å². The Morgan fingerprint density at radius 2 is 1.72 bits per heavy atom. The first-order valence-electron chi connectivity index (χ1n) is 9.98. The molecule has 6 nitrogen and oxygen atoms in total. The van der Waals surface area contributed by atoms with Crippen LogP contribution in [-0.4, -0.2) is 74.9 Å². The molecule has 0 bridgehead atoms. The lowest BCUT2D eigenvalue weighted by molar-refractivity contribution is -0.0352. The fourth-order valence-corrected chi connectivity index (χ4v) is 3.94. The maximum atomic E-state index is 5.57. The van der Waals surface area contributed by atoms with E-state index in [9.17, 15) is 0 Å². The van der Waals surface area contributed by atoms with Gasteiger partial charge in [0.15, 0.2) is 5.96 Å². The molecule has 0 aromatic carbocycles. The van der Waals surface area contributed by atoms with E-state index < -0.39 is 0 Å². The van der Waals surface area contributed by atoms with E-state index in [1.54, 1.807) is 0 Å². The van der Waals surface area contributed by atoms with Crippen molar-refractivity contribution < 1.29 is 4.74 Å². The summed E-state index contributed by atoms with van der Waals surface area (Å²) in [5.74, 6) is 0.911. The van der Waals surface area contributed by atoms with Gasteiger partial charge < -0.3 is 20.7 Å². The number of rotatable bonds is 6. The Labute approximate surface area is 154 Å². The smallest absolute Gasteiger partial charge is 0.191 e. The van der Waals surface area contributed by atoms with Crippen LogP contribution in [0.1, 0.15) is 52.9 Å². The molecule has 0 amide bonds. The predicted octanol–water partition coefficient (Wildman–Crippen LogP) is 1.57. The van der Waals surface area contributed by atoms with Crippen LogP contribution in [0.15, 0.2) is 4.99 Å². The largest absolute Gasteiger partial charge is 0.379 e. The van der Waals surface area contributed by atoms with Crippen molar-refractivity contribution in [2.75, 3.05) is 53.0 Å². The highest BCUT2D eigenvalue weighted by Crippen LogP contribution is 2.33. The van der Waals surface area contributed by atoms with E-state index in [-0.39, 0.29) is 11.1 Å². The zero-order valence-corrected chi connectivity index (χ0v) is 16.8. The highest BCUT2D eigenvalue weighted by molar-refractivity contribution is 5.79. The number of hydrogen-bond acceptors (Lipinski definition) is 4. The van der Waals surface area contributed by atoms with Gasteiger partial charge in [0.2, 0.25) is 0 Å². The quantitative estimate of drug-likeness (QED) is 0.384. The Morgan fingerprint density at radius 3 is 2.32 bits per heavy atom. The lowest BCUT2D eigenvalue weighted by Crippen LogP contribution is -2.60. The molecule has 0 unspecified atom stereocenters. The minimum atomic E-state index is 0.154. The van der Waals surface area contributed by atoms with Crippen LogP contribution in [0.5, 0.6) is 0 Å². The summed E-state index contributed by atoms with van der Waals surface area (Å²) in [6, 6.07) is 0. The van der Waals surface area contributed by atoms with Gasteiger partial charge in [0.05, 0.1) is 13.2 Å². The van der Waals surface area contributed by atoms with Crippen molar-refractivity contribution >= 4 is 5.96 Å². The highest BCUT2D eigenvalue weighted by Gasteiger charge is 2.38. The molecule has 2 fully saturated rings. The monoisotopic (exact) mass is 353 g/mol. The van der Waals surface area contributed by atoms with Gasteiger partial charge in [-0.3, -0.25) is 9.89 Å². The van der Waals surface area contributed by atoms with E-state index >= 15 is 0 Å². The SMILES string of the molecule is CN=C(NCCNC(C)(C)C)NCC1(N2CCOCC2)CCCCC1. The number of morpholine rings is 1. The second-order valence-electron chi connectivity index (χ2n) is 8.41. The summed E-state index contributed by atoms with van der Waals surface area (Å²) in [6.45, 7) is 13.2. The van der Waals surface area contributed by atoms with E-state index in [1.807, 2.05) is 7.05 Å². The molecule has 1 saturated carbocycles. The predicted molar refractivity (Wildman–Crippen MR) is 105 cm³/mol. The molecule has 3 N–H and O–H groups in total. The average Bonchev–Trinajstić information content (AvgIpc) is 2.62. The Bertz CT molecular complexity index is 407. The van der Waals surface area contributed by atoms with Crippen LogP contribution in [0.25, 0.3) is 0 Å². The van der Waals surface area contributed by atoms with Gasteiger partial charge in [0.1, 0.15) is 0 Å². The summed E-state index contributed by atoms with van der Waals surface area (Å²) >= 11 is 0. The lowest BCUT2D eigenvalue weighted by atomic mass is 9.80. The normalized spacial score (nSPS) is 22.6. The molecule has 1 saturated heterocycles. The third-order valence-electron chi connectivity index (χ3n) is 5.35. The molecule has 0 radical (unpaired) electrons. The molecule has 25 heavy (non-hydrogen) atoms. The van der Waals surface area contributed by atoms with Crippen LogP contribution in [0.3, 0.4) is 0 Å². The standard InChI is InChI=1S/C19H39N5O/c1-18(2,3)23-11-10-21-17(20-4)22-16-19(8-6-5-7-9-19)24-12-14-25-15-13-24/h23H,5-16H2,1-4H3,(H2,20,21,22). The van der Waals surface area contributed by atoms with Crippen LogP contribution in [0.4, 0.5) is 0 Å². The maximum absolute atomic E-state index is 5.57. The van der Waals surface area contributed by atoms with E-state index in [0.29, 0.717) is 0 Å². The van der Waals surface area contributed by atoms with Gasteiger partial charge in [0.25, 0.3) is 0 Å². The van der Waals surface area contributed by atoms with E-state index in [0.717, 1.165) is 51.9 Å². The van der Waals surface area contributed by atoms with Crippen molar-refractivity contribution in [2.45, 2.75) is 64.0 Å². The summed E-state index contributed by atoms with van der Waals surface area (Å²) in [5.41, 5.74) is 0.421. The second kappa shape index (κ2) is 9.74. The van der Waals surface area contributed by atoms with Crippen LogP contribution in [-0.2, 0) is 4.74 Å². The van der Waals surface area contributed by atoms with E-state index in [2.05, 4.69) is 46.6 Å². The summed E-state index contributed by atoms with van der Waals surface area (Å²) in [6.07, 6.45) is 6.60. The summed E-state index contributed by atoms with van der Waals surface area (Å²) in [7, 11) is 1.86. The van der Waals surface area contributed by atoms with Crippen molar-refractivity contribution in [1.82, 2.24) is 20.9 Å². The van der Waals surface area contributed by atoms with E-state index in [4.69, 9.17) is 4.74 Å². The van der Waals surface area contributed by atoms with Crippen molar-refractivity contribution in [2.24, 2.45) is 4.99 Å². The third-order valence-corrected chi connectivity index (χ3v) is 5.35. The number of aliphatic imine (C=N–C) groups is 1. The van der Waals surface area contributed by atoms with E-state index in [1.165, 1.54) is 32.1 Å². The van der Waals surface area contributed by atoms with Crippen molar-refractivity contribution in [3.63, 3.8) is 0 Å². The molecule has 1 heterocycles. The Kier molecular flexibility index (Phi) is 7.97. The molecule has 0 aromatic rings. The van der Waals surface area contributed by atoms with Crippen LogP contribution >= 0.6 is 0 Å². The number of ether oxygens (including phenoxy) is 1. The lowest BCUT2D eigenvalue weighted by Gasteiger charge is -2.48. The molecule has 1 aliphatic heterocycles. The average molecular weight is 354 g/mol. The van der Waals surface area contributed by atoms with Gasteiger partial charge in [-0.15, -0.1) is 0 Å². The molecular formula is C19H39N5O. The molecule has 0 spiro atoms. The zero-order chi connectivity index (χ0) is 18.2. The molecular weight excluding hydrogens is 314 g/mol. The van der Waals surface area contributed by atoms with Gasteiger partial charge in [-0.05, 0) is 33.6 Å². The molecule has 1 aliphatic carbocycles. The van der Waals surface area contributed by atoms with Gasteiger partial charge in [-0.25, -0.2) is 0 Å². The Balaban J connectivity index is 1.83. The summed E-state index contributed by atoms with van der Waals surface area (Å²) in [4.78, 5) is 7.07. The maximum Gasteiger partial charge on any atom is 0.191 e. The Morgan fingerprint density at radius 1 is 1.04 bits per heavy atom. The molecule has 0 atom stereocenters. The number of hydrogen-bond donors (Lipinski definition) is 3. The first-order valence-corrected chi connectivity index (χ1v) is 9.98. The third kappa shape index (κ3) is 6.76. The van der Waals surface area contributed by atoms with Gasteiger partial charge in [-0.2, -0.15) is 0 Å². The fourth-order valence-electron chi connectivity index (χ4n) is 3.94. The highest BCUT2D eigenvalue weighted by atomic mass is 16.5. The number of nitrogens with zero attached hydrogens (tertiary/aromatic N) is 2. The fraction of sp³-hybridized carbons (Fsp3) is 0.947. The summed E-state index contributed by atoms with van der Waals surface area (Å²) in [5, 5.41) is 10.5. The topological polar surface area (TPSA) is 60.9 Å². The van der Waals surface area contributed by atoms with Gasteiger partial charge in [-0.1, -0.05) is 19.3 Å². The summed E-state index contributed by atoms with van der Waals surface area (Å²) < 4.78 is 5.57. The zero-order valence-electron chi connectivity index (χ0n) is 16.8. The molecule has 2 rings (SSSR count). The molecule has 2 aliphatic rings. The number of nitrogens with one attached hydrogen (secondary N) is 3. The first-order chi connectivity index (χ1) is 12.0. The van der Waals surface area contributed by atoms with Gasteiger partial charge >= 0.3 is 0 Å². The number of guanidine groups is 1. The minimum absolute atomic E-state index is 0.154. The van der Waals surface area contributed by atoms with Crippen LogP contribution in [0.2, 0.25) is 0 Å². The van der Waals surface area contributed by atoms with Gasteiger partial charge in [0, 0.05) is 50.8 Å². The molecule has 146 valence electrons.